The van der Waals surface area contributed by atoms with Crippen molar-refractivity contribution in [3.63, 3.8) is 0 Å². The Hall–Kier alpha value is -0.930. The molecular weight excluding hydrogens is 174 g/mol. The Balaban J connectivity index is 2.28. The highest BCUT2D eigenvalue weighted by atomic mass is 19.3. The lowest BCUT2D eigenvalue weighted by Gasteiger charge is -1.96. The first-order valence-corrected chi connectivity index (χ1v) is 4.55. The molecule has 1 rings (SSSR count). The van der Waals surface area contributed by atoms with E-state index in [-0.39, 0.29) is 6.42 Å². The molecule has 0 fully saturated rings. The summed E-state index contributed by atoms with van der Waals surface area (Å²) in [5, 5.41) is 0. The van der Waals surface area contributed by atoms with Crippen molar-refractivity contribution in [2.24, 2.45) is 0 Å². The van der Waals surface area contributed by atoms with Gasteiger partial charge in [0.1, 0.15) is 12.4 Å². The van der Waals surface area contributed by atoms with Crippen molar-refractivity contribution < 1.29 is 13.3 Å². The summed E-state index contributed by atoms with van der Waals surface area (Å²) in [5.74, 6) is 0. The van der Waals surface area contributed by atoms with Crippen LogP contribution in [0, 0.1) is 0 Å². The molecule has 0 atom stereocenters. The summed E-state index contributed by atoms with van der Waals surface area (Å²) in [4.78, 5) is 0. The van der Waals surface area contributed by atoms with E-state index in [0.29, 0.717) is 13.0 Å². The average molecular weight is 189 g/mol. The molecule has 74 valence electrons. The molecule has 0 aliphatic rings. The van der Waals surface area contributed by atoms with Crippen molar-refractivity contribution >= 4 is 0 Å². The molecule has 0 spiro atoms. The molecule has 2 nitrogen and oxygen atoms in total. The van der Waals surface area contributed by atoms with Crippen LogP contribution >= 0.6 is 0 Å². The molecule has 0 saturated carbocycles. The molecule has 1 heterocycles. The Bertz CT molecular complexity index is 246. The zero-order valence-electron chi connectivity index (χ0n) is 7.79. The van der Waals surface area contributed by atoms with E-state index in [1.807, 2.05) is 34.8 Å². The van der Waals surface area contributed by atoms with Crippen LogP contribution in [-0.2, 0) is 13.1 Å². The first-order valence-electron chi connectivity index (χ1n) is 4.55. The summed E-state index contributed by atoms with van der Waals surface area (Å²) >= 11 is 0. The van der Waals surface area contributed by atoms with E-state index in [9.17, 15) is 8.78 Å². The standard InChI is InChI=1S/C9H15F2N2/c1-2-12-6-7-13(8-12)5-3-4-9(10)11/h6-9H,2-5H2,1H3/q+1. The third-order valence-electron chi connectivity index (χ3n) is 1.95. The van der Waals surface area contributed by atoms with Gasteiger partial charge in [-0.1, -0.05) is 0 Å². The summed E-state index contributed by atoms with van der Waals surface area (Å²) < 4.78 is 27.5. The van der Waals surface area contributed by atoms with Crippen LogP contribution in [0.4, 0.5) is 8.78 Å². The van der Waals surface area contributed by atoms with Crippen LogP contribution in [0.3, 0.4) is 0 Å². The Morgan fingerprint density at radius 1 is 1.46 bits per heavy atom. The summed E-state index contributed by atoms with van der Waals surface area (Å²) in [6, 6.07) is 0. The second-order valence-electron chi connectivity index (χ2n) is 3.02. The third-order valence-corrected chi connectivity index (χ3v) is 1.95. The maximum atomic E-state index is 11.8. The van der Waals surface area contributed by atoms with Crippen molar-refractivity contribution in [2.75, 3.05) is 0 Å². The van der Waals surface area contributed by atoms with Gasteiger partial charge >= 0.3 is 0 Å². The molecule has 0 aliphatic heterocycles. The summed E-state index contributed by atoms with van der Waals surface area (Å²) in [7, 11) is 0. The summed E-state index contributed by atoms with van der Waals surface area (Å²) in [6.45, 7) is 3.64. The lowest BCUT2D eigenvalue weighted by Crippen LogP contribution is -2.31. The molecule has 0 unspecified atom stereocenters. The molecule has 4 heteroatoms. The Labute approximate surface area is 76.8 Å². The smallest absolute Gasteiger partial charge is 0.237 e. The second-order valence-corrected chi connectivity index (χ2v) is 3.02. The molecule has 0 bridgehead atoms. The normalized spacial score (nSPS) is 11.1. The maximum Gasteiger partial charge on any atom is 0.243 e. The van der Waals surface area contributed by atoms with Crippen LogP contribution in [0.1, 0.15) is 19.8 Å². The molecule has 0 aromatic carbocycles. The van der Waals surface area contributed by atoms with Crippen molar-refractivity contribution in [3.8, 4) is 0 Å². The van der Waals surface area contributed by atoms with Crippen molar-refractivity contribution in [2.45, 2.75) is 39.3 Å². The van der Waals surface area contributed by atoms with E-state index in [2.05, 4.69) is 0 Å². The highest BCUT2D eigenvalue weighted by Crippen LogP contribution is 2.01. The Morgan fingerprint density at radius 3 is 2.77 bits per heavy atom. The molecule has 0 aliphatic carbocycles. The van der Waals surface area contributed by atoms with Crippen LogP contribution < -0.4 is 4.57 Å². The van der Waals surface area contributed by atoms with Crippen LogP contribution in [0.2, 0.25) is 0 Å². The molecule has 0 N–H and O–H groups in total. The van der Waals surface area contributed by atoms with Gasteiger partial charge in [0, 0.05) is 6.42 Å². The second kappa shape index (κ2) is 4.94. The van der Waals surface area contributed by atoms with Gasteiger partial charge in [0.2, 0.25) is 12.8 Å². The predicted molar refractivity (Wildman–Crippen MR) is 45.5 cm³/mol. The predicted octanol–water partition coefficient (Wildman–Crippen LogP) is 1.84. The number of alkyl halides is 2. The zero-order chi connectivity index (χ0) is 9.68. The molecular formula is C9H15F2N2+. The van der Waals surface area contributed by atoms with Crippen LogP contribution in [0.25, 0.3) is 0 Å². The minimum absolute atomic E-state index is 0.00962. The number of hydrogen-bond acceptors (Lipinski definition) is 0. The Morgan fingerprint density at radius 2 is 2.23 bits per heavy atom. The number of imidazole rings is 1. The minimum Gasteiger partial charge on any atom is -0.237 e. The van der Waals surface area contributed by atoms with Gasteiger partial charge in [-0.3, -0.25) is 0 Å². The minimum atomic E-state index is -2.17. The van der Waals surface area contributed by atoms with Gasteiger partial charge in [-0.15, -0.1) is 0 Å². The number of halogens is 2. The number of hydrogen-bond donors (Lipinski definition) is 0. The highest BCUT2D eigenvalue weighted by Gasteiger charge is 2.05. The van der Waals surface area contributed by atoms with Crippen LogP contribution in [-0.4, -0.2) is 11.0 Å². The lowest BCUT2D eigenvalue weighted by atomic mass is 10.3. The maximum absolute atomic E-state index is 11.8. The van der Waals surface area contributed by atoms with E-state index in [1.54, 1.807) is 0 Å². The summed E-state index contributed by atoms with van der Waals surface area (Å²) in [6.07, 6.45) is 4.15. The fourth-order valence-electron chi connectivity index (χ4n) is 1.19. The van der Waals surface area contributed by atoms with E-state index in [4.69, 9.17) is 0 Å². The third kappa shape index (κ3) is 3.53. The monoisotopic (exact) mass is 189 g/mol. The SMILES string of the molecule is CCn1cc[n+](CCCC(F)F)c1. The van der Waals surface area contributed by atoms with E-state index >= 15 is 0 Å². The summed E-state index contributed by atoms with van der Waals surface area (Å²) in [5.41, 5.74) is 0. The lowest BCUT2D eigenvalue weighted by molar-refractivity contribution is -0.697. The number of aromatic nitrogens is 2. The van der Waals surface area contributed by atoms with E-state index in [1.165, 1.54) is 0 Å². The van der Waals surface area contributed by atoms with Crippen LogP contribution in [0.5, 0.6) is 0 Å². The molecule has 13 heavy (non-hydrogen) atoms. The Kier molecular flexibility index (Phi) is 3.86. The zero-order valence-corrected chi connectivity index (χ0v) is 7.79. The van der Waals surface area contributed by atoms with Gasteiger partial charge in [0.05, 0.1) is 13.1 Å². The van der Waals surface area contributed by atoms with Crippen LogP contribution in [0.15, 0.2) is 18.7 Å². The number of aryl methyl sites for hydroxylation is 2. The quantitative estimate of drug-likeness (QED) is 0.625. The number of rotatable bonds is 5. The van der Waals surface area contributed by atoms with Gasteiger partial charge in [-0.25, -0.2) is 17.9 Å². The fourth-order valence-corrected chi connectivity index (χ4v) is 1.19. The van der Waals surface area contributed by atoms with Crippen molar-refractivity contribution in [3.05, 3.63) is 18.7 Å². The largest absolute Gasteiger partial charge is 0.243 e. The molecule has 1 aromatic heterocycles. The average Bonchev–Trinajstić information content (AvgIpc) is 2.52. The molecule has 0 amide bonds. The van der Waals surface area contributed by atoms with Gasteiger partial charge in [0.25, 0.3) is 0 Å². The van der Waals surface area contributed by atoms with Gasteiger partial charge in [-0.2, -0.15) is 0 Å². The fraction of sp³-hybridized carbons (Fsp3) is 0.667. The molecule has 0 saturated heterocycles. The highest BCUT2D eigenvalue weighted by molar-refractivity contribution is 4.64. The molecule has 1 aromatic rings. The number of nitrogens with zero attached hydrogens (tertiary/aromatic N) is 2. The first-order chi connectivity index (χ1) is 6.22. The van der Waals surface area contributed by atoms with Crippen molar-refractivity contribution in [1.29, 1.82) is 0 Å². The molecule has 0 radical (unpaired) electrons. The van der Waals surface area contributed by atoms with Crippen molar-refractivity contribution in [1.82, 2.24) is 4.57 Å². The first kappa shape index (κ1) is 10.2. The van der Waals surface area contributed by atoms with E-state index in [0.717, 1.165) is 6.54 Å². The van der Waals surface area contributed by atoms with Gasteiger partial charge < -0.3 is 0 Å². The topological polar surface area (TPSA) is 8.81 Å². The van der Waals surface area contributed by atoms with Gasteiger partial charge in [0.15, 0.2) is 0 Å². The van der Waals surface area contributed by atoms with E-state index < -0.39 is 6.43 Å². The van der Waals surface area contributed by atoms with Gasteiger partial charge in [-0.05, 0) is 13.3 Å².